The summed E-state index contributed by atoms with van der Waals surface area (Å²) in [6.07, 6.45) is 2.16. The summed E-state index contributed by atoms with van der Waals surface area (Å²) in [5.41, 5.74) is 0. The zero-order valence-electron chi connectivity index (χ0n) is 6.82. The topological polar surface area (TPSA) is 55.8 Å². The van der Waals surface area contributed by atoms with Gasteiger partial charge in [0.25, 0.3) is 0 Å². The lowest BCUT2D eigenvalue weighted by Gasteiger charge is -2.04. The number of hydrogen-bond donors (Lipinski definition) is 1. The van der Waals surface area contributed by atoms with Crippen molar-refractivity contribution < 1.29 is 18.5 Å². The van der Waals surface area contributed by atoms with Crippen molar-refractivity contribution in [3.63, 3.8) is 0 Å². The summed E-state index contributed by atoms with van der Waals surface area (Å²) >= 11 is 0. The third-order valence-corrected chi connectivity index (χ3v) is 1.82. The van der Waals surface area contributed by atoms with E-state index in [-0.39, 0.29) is 6.61 Å². The fourth-order valence-electron chi connectivity index (χ4n) is 0.362. The molecule has 5 heteroatoms. The van der Waals surface area contributed by atoms with Crippen molar-refractivity contribution in [2.45, 2.75) is 6.42 Å². The first kappa shape index (κ1) is 11.4. The van der Waals surface area contributed by atoms with Crippen LogP contribution in [-0.4, -0.2) is 18.6 Å². The Kier molecular flexibility index (Phi) is 5.69. The summed E-state index contributed by atoms with van der Waals surface area (Å²) in [6.45, 7) is 3.34. The molecule has 0 aliphatic carbocycles. The van der Waals surface area contributed by atoms with Gasteiger partial charge in [-0.1, -0.05) is 17.9 Å². The Morgan fingerprint density at radius 3 is 2.83 bits per heavy atom. The molecule has 0 aromatic rings. The minimum Gasteiger partial charge on any atom is -0.302 e. The lowest BCUT2D eigenvalue weighted by Crippen LogP contribution is -1.91. The molecule has 0 fully saturated rings. The zero-order valence-corrected chi connectivity index (χ0v) is 7.71. The number of hydrogen-bond acceptors (Lipinski definition) is 3. The normalized spacial score (nSPS) is 14.2. The van der Waals surface area contributed by atoms with E-state index in [0.29, 0.717) is 6.42 Å². The molecule has 0 bridgehead atoms. The second kappa shape index (κ2) is 5.99. The maximum atomic E-state index is 10.6. The minimum absolute atomic E-state index is 0.116. The molecule has 68 valence electrons. The molecule has 1 N–H and O–H groups in total. The predicted octanol–water partition coefficient (Wildman–Crippen LogP) is 1.33. The van der Waals surface area contributed by atoms with E-state index in [1.54, 1.807) is 6.08 Å². The van der Waals surface area contributed by atoms with Gasteiger partial charge < -0.3 is 4.89 Å². The highest BCUT2D eigenvalue weighted by atomic mass is 31.2. The van der Waals surface area contributed by atoms with E-state index in [0.717, 1.165) is 7.11 Å². The molecule has 0 aromatic heterocycles. The monoisotopic (exact) mass is 190 g/mol. The molecule has 0 spiro atoms. The van der Waals surface area contributed by atoms with Gasteiger partial charge in [0.15, 0.2) is 0 Å². The SMILES string of the molecule is C=CCC#CCOP(=O)(O)OC. The van der Waals surface area contributed by atoms with Crippen LogP contribution >= 0.6 is 7.82 Å². The standard InChI is InChI=1S/C7H11O4P/c1-3-4-5-6-7-11-12(8,9)10-2/h3H,1,4,7H2,2H3,(H,8,9). The number of phosphoric ester groups is 1. The minimum atomic E-state index is -3.85. The zero-order chi connectivity index (χ0) is 9.45. The molecule has 0 radical (unpaired) electrons. The first-order chi connectivity index (χ1) is 5.62. The van der Waals surface area contributed by atoms with Crippen LogP contribution in [0, 0.1) is 11.8 Å². The molecule has 1 unspecified atom stereocenters. The maximum Gasteiger partial charge on any atom is 0.472 e. The van der Waals surface area contributed by atoms with Crippen molar-refractivity contribution in [1.29, 1.82) is 0 Å². The fourth-order valence-corrected chi connectivity index (χ4v) is 0.695. The predicted molar refractivity (Wildman–Crippen MR) is 45.4 cm³/mol. The van der Waals surface area contributed by atoms with Crippen LogP contribution in [0.4, 0.5) is 0 Å². The van der Waals surface area contributed by atoms with Crippen LogP contribution in [-0.2, 0) is 13.6 Å². The van der Waals surface area contributed by atoms with Gasteiger partial charge in [-0.15, -0.1) is 6.58 Å². The van der Waals surface area contributed by atoms with Crippen molar-refractivity contribution in [1.82, 2.24) is 0 Å². The average Bonchev–Trinajstić information content (AvgIpc) is 2.04. The van der Waals surface area contributed by atoms with E-state index >= 15 is 0 Å². The summed E-state index contributed by atoms with van der Waals surface area (Å²) in [6, 6.07) is 0. The Balaban J connectivity index is 3.64. The van der Waals surface area contributed by atoms with Crippen LogP contribution in [0.1, 0.15) is 6.42 Å². The number of phosphoric acid groups is 1. The molecule has 0 rings (SSSR count). The van der Waals surface area contributed by atoms with E-state index in [4.69, 9.17) is 4.89 Å². The van der Waals surface area contributed by atoms with Gasteiger partial charge in [0, 0.05) is 13.5 Å². The highest BCUT2D eigenvalue weighted by Gasteiger charge is 2.16. The Bertz CT molecular complexity index is 238. The van der Waals surface area contributed by atoms with E-state index in [2.05, 4.69) is 27.5 Å². The van der Waals surface area contributed by atoms with Gasteiger partial charge in [-0.3, -0.25) is 9.05 Å². The van der Waals surface area contributed by atoms with Crippen LogP contribution in [0.2, 0.25) is 0 Å². The second-order valence-electron chi connectivity index (χ2n) is 1.77. The van der Waals surface area contributed by atoms with E-state index in [1.165, 1.54) is 0 Å². The molecule has 1 atom stereocenters. The van der Waals surface area contributed by atoms with Gasteiger partial charge in [0.05, 0.1) is 0 Å². The highest BCUT2D eigenvalue weighted by Crippen LogP contribution is 2.41. The van der Waals surface area contributed by atoms with Crippen molar-refractivity contribution >= 4 is 7.82 Å². The Hall–Kier alpha value is -0.590. The van der Waals surface area contributed by atoms with Gasteiger partial charge in [0.1, 0.15) is 6.61 Å². The summed E-state index contributed by atoms with van der Waals surface area (Å²) < 4.78 is 19.2. The van der Waals surface area contributed by atoms with Gasteiger partial charge in [-0.25, -0.2) is 4.57 Å². The molecular formula is C7H11O4P. The van der Waals surface area contributed by atoms with Gasteiger partial charge in [-0.2, -0.15) is 0 Å². The maximum absolute atomic E-state index is 10.6. The van der Waals surface area contributed by atoms with Crippen LogP contribution in [0.15, 0.2) is 12.7 Å². The summed E-state index contributed by atoms with van der Waals surface area (Å²) in [5.74, 6) is 5.17. The molecule has 0 aliphatic rings. The smallest absolute Gasteiger partial charge is 0.302 e. The summed E-state index contributed by atoms with van der Waals surface area (Å²) in [5, 5.41) is 0. The lowest BCUT2D eigenvalue weighted by atomic mass is 10.4. The third-order valence-electron chi connectivity index (χ3n) is 0.902. The van der Waals surface area contributed by atoms with Crippen LogP contribution in [0.25, 0.3) is 0 Å². The Labute approximate surface area is 71.8 Å². The average molecular weight is 190 g/mol. The second-order valence-corrected chi connectivity index (χ2v) is 3.33. The van der Waals surface area contributed by atoms with E-state index in [9.17, 15) is 4.57 Å². The van der Waals surface area contributed by atoms with Crippen molar-refractivity contribution in [2.24, 2.45) is 0 Å². The number of allylic oxidation sites excluding steroid dienone is 1. The molecule has 0 aromatic carbocycles. The molecule has 0 saturated heterocycles. The first-order valence-electron chi connectivity index (χ1n) is 3.22. The largest absolute Gasteiger partial charge is 0.472 e. The van der Waals surface area contributed by atoms with Gasteiger partial charge in [0.2, 0.25) is 0 Å². The molecule has 0 saturated carbocycles. The first-order valence-corrected chi connectivity index (χ1v) is 4.71. The molecule has 0 heterocycles. The quantitative estimate of drug-likeness (QED) is 0.412. The van der Waals surface area contributed by atoms with Crippen molar-refractivity contribution in [2.75, 3.05) is 13.7 Å². The molecular weight excluding hydrogens is 179 g/mol. The van der Waals surface area contributed by atoms with Crippen molar-refractivity contribution in [3.8, 4) is 11.8 Å². The van der Waals surface area contributed by atoms with E-state index in [1.807, 2.05) is 0 Å². The summed E-state index contributed by atoms with van der Waals surface area (Å²) in [7, 11) is -2.76. The van der Waals surface area contributed by atoms with Crippen LogP contribution in [0.3, 0.4) is 0 Å². The lowest BCUT2D eigenvalue weighted by molar-refractivity contribution is 0.190. The Morgan fingerprint density at radius 1 is 1.67 bits per heavy atom. The Morgan fingerprint density at radius 2 is 2.33 bits per heavy atom. The molecule has 0 aliphatic heterocycles. The third kappa shape index (κ3) is 6.14. The van der Waals surface area contributed by atoms with Crippen LogP contribution < -0.4 is 0 Å². The highest BCUT2D eigenvalue weighted by molar-refractivity contribution is 7.47. The van der Waals surface area contributed by atoms with Crippen LogP contribution in [0.5, 0.6) is 0 Å². The molecule has 4 nitrogen and oxygen atoms in total. The van der Waals surface area contributed by atoms with Gasteiger partial charge in [-0.05, 0) is 0 Å². The molecule has 12 heavy (non-hydrogen) atoms. The number of rotatable bonds is 4. The van der Waals surface area contributed by atoms with Gasteiger partial charge >= 0.3 is 7.82 Å². The fraction of sp³-hybridized carbons (Fsp3) is 0.429. The summed E-state index contributed by atoms with van der Waals surface area (Å²) in [4.78, 5) is 8.70. The van der Waals surface area contributed by atoms with E-state index < -0.39 is 7.82 Å². The molecule has 0 amide bonds. The van der Waals surface area contributed by atoms with Crippen molar-refractivity contribution in [3.05, 3.63) is 12.7 Å².